The van der Waals surface area contributed by atoms with Crippen LogP contribution in [0.3, 0.4) is 0 Å². The number of aromatic nitrogens is 3. The molecule has 0 aliphatic heterocycles. The van der Waals surface area contributed by atoms with Gasteiger partial charge in [0.1, 0.15) is 11.9 Å². The Labute approximate surface area is 170 Å². The summed E-state index contributed by atoms with van der Waals surface area (Å²) in [6.07, 6.45) is 3.61. The third-order valence-corrected chi connectivity index (χ3v) is 4.92. The van der Waals surface area contributed by atoms with Crippen molar-refractivity contribution < 1.29 is 4.79 Å². The Morgan fingerprint density at radius 1 is 0.966 bits per heavy atom. The van der Waals surface area contributed by atoms with Gasteiger partial charge >= 0.3 is 0 Å². The average Bonchev–Trinajstić information content (AvgIpc) is 3.18. The summed E-state index contributed by atoms with van der Waals surface area (Å²) >= 11 is 0. The number of amides is 1. The standard InChI is InChI=1S/C24H22N4O/c1-17-20(13-14-21(26-17)18-9-5-3-6-10-18)24(29)27-22(19-11-7-4-8-12-19)23-25-15-16-28(23)2/h3-16,22H,1-2H3,(H,27,29). The van der Waals surface area contributed by atoms with E-state index >= 15 is 0 Å². The number of rotatable bonds is 5. The summed E-state index contributed by atoms with van der Waals surface area (Å²) in [5.41, 5.74) is 4.10. The Bertz CT molecular complexity index is 1120. The zero-order chi connectivity index (χ0) is 20.2. The van der Waals surface area contributed by atoms with Crippen LogP contribution < -0.4 is 5.32 Å². The fourth-order valence-corrected chi connectivity index (χ4v) is 3.38. The third kappa shape index (κ3) is 3.94. The summed E-state index contributed by atoms with van der Waals surface area (Å²) in [6, 6.07) is 23.2. The lowest BCUT2D eigenvalue weighted by atomic mass is 10.0. The number of benzene rings is 2. The predicted molar refractivity (Wildman–Crippen MR) is 113 cm³/mol. The van der Waals surface area contributed by atoms with Crippen molar-refractivity contribution in [3.8, 4) is 11.3 Å². The molecule has 29 heavy (non-hydrogen) atoms. The maximum absolute atomic E-state index is 13.1. The van der Waals surface area contributed by atoms with Crippen LogP contribution in [0.25, 0.3) is 11.3 Å². The van der Waals surface area contributed by atoms with E-state index < -0.39 is 0 Å². The van der Waals surface area contributed by atoms with E-state index in [4.69, 9.17) is 0 Å². The predicted octanol–water partition coefficient (Wildman–Crippen LogP) is 4.31. The van der Waals surface area contributed by atoms with E-state index in [-0.39, 0.29) is 11.9 Å². The summed E-state index contributed by atoms with van der Waals surface area (Å²) in [7, 11) is 1.92. The lowest BCUT2D eigenvalue weighted by molar-refractivity contribution is 0.0940. The molecule has 144 valence electrons. The molecule has 0 fully saturated rings. The van der Waals surface area contributed by atoms with Crippen molar-refractivity contribution in [3.05, 3.63) is 108 Å². The molecule has 2 aromatic heterocycles. The summed E-state index contributed by atoms with van der Waals surface area (Å²) < 4.78 is 1.92. The van der Waals surface area contributed by atoms with Gasteiger partial charge in [0.15, 0.2) is 0 Å². The van der Waals surface area contributed by atoms with Crippen LogP contribution in [0.4, 0.5) is 0 Å². The number of nitrogens with one attached hydrogen (secondary N) is 1. The molecule has 0 aliphatic carbocycles. The van der Waals surface area contributed by atoms with Gasteiger partial charge in [-0.15, -0.1) is 0 Å². The number of carbonyl (C=O) groups is 1. The highest BCUT2D eigenvalue weighted by Crippen LogP contribution is 2.22. The van der Waals surface area contributed by atoms with Crippen LogP contribution in [0, 0.1) is 6.92 Å². The van der Waals surface area contributed by atoms with Gasteiger partial charge in [-0.1, -0.05) is 60.7 Å². The molecule has 2 heterocycles. The number of carbonyl (C=O) groups excluding carboxylic acids is 1. The van der Waals surface area contributed by atoms with Crippen LogP contribution in [-0.4, -0.2) is 20.4 Å². The highest BCUT2D eigenvalue weighted by molar-refractivity contribution is 5.96. The Kier molecular flexibility index (Phi) is 5.20. The molecule has 0 radical (unpaired) electrons. The minimum Gasteiger partial charge on any atom is -0.338 e. The molecule has 4 aromatic rings. The molecule has 4 rings (SSSR count). The topological polar surface area (TPSA) is 59.8 Å². The van der Waals surface area contributed by atoms with Crippen molar-refractivity contribution in [1.82, 2.24) is 19.9 Å². The number of nitrogens with zero attached hydrogens (tertiary/aromatic N) is 3. The number of aryl methyl sites for hydroxylation is 2. The van der Waals surface area contributed by atoms with Gasteiger partial charge in [-0.05, 0) is 24.6 Å². The minimum absolute atomic E-state index is 0.175. The van der Waals surface area contributed by atoms with Crippen LogP contribution >= 0.6 is 0 Å². The molecule has 1 N–H and O–H groups in total. The molecule has 1 atom stereocenters. The molecule has 0 spiro atoms. The van der Waals surface area contributed by atoms with Gasteiger partial charge in [-0.25, -0.2) is 4.98 Å². The minimum atomic E-state index is -0.350. The van der Waals surface area contributed by atoms with Gasteiger partial charge in [0.05, 0.1) is 17.0 Å². The molecular formula is C24H22N4O. The Morgan fingerprint density at radius 3 is 2.28 bits per heavy atom. The van der Waals surface area contributed by atoms with E-state index in [2.05, 4.69) is 15.3 Å². The monoisotopic (exact) mass is 382 g/mol. The smallest absolute Gasteiger partial charge is 0.253 e. The maximum atomic E-state index is 13.1. The van der Waals surface area contributed by atoms with Crippen molar-refractivity contribution in [2.45, 2.75) is 13.0 Å². The highest BCUT2D eigenvalue weighted by atomic mass is 16.1. The summed E-state index contributed by atoms with van der Waals surface area (Å²) in [5, 5.41) is 3.13. The van der Waals surface area contributed by atoms with Gasteiger partial charge in [0.25, 0.3) is 5.91 Å². The highest BCUT2D eigenvalue weighted by Gasteiger charge is 2.22. The second-order valence-electron chi connectivity index (χ2n) is 6.91. The summed E-state index contributed by atoms with van der Waals surface area (Å²) in [5.74, 6) is 0.600. The van der Waals surface area contributed by atoms with Gasteiger partial charge in [0, 0.05) is 25.0 Å². The zero-order valence-corrected chi connectivity index (χ0v) is 16.4. The fraction of sp³-hybridized carbons (Fsp3) is 0.125. The third-order valence-electron chi connectivity index (χ3n) is 4.92. The molecule has 0 aliphatic rings. The van der Waals surface area contributed by atoms with Gasteiger partial charge < -0.3 is 9.88 Å². The molecule has 1 unspecified atom stereocenters. The Hall–Kier alpha value is -3.73. The molecule has 1 amide bonds. The van der Waals surface area contributed by atoms with E-state index in [9.17, 15) is 4.79 Å². The van der Waals surface area contributed by atoms with E-state index in [0.29, 0.717) is 11.3 Å². The zero-order valence-electron chi connectivity index (χ0n) is 16.4. The molecule has 0 bridgehead atoms. The Morgan fingerprint density at radius 2 is 1.66 bits per heavy atom. The van der Waals surface area contributed by atoms with E-state index in [0.717, 1.165) is 22.6 Å². The number of imidazole rings is 1. The largest absolute Gasteiger partial charge is 0.338 e. The van der Waals surface area contributed by atoms with E-state index in [1.54, 1.807) is 6.20 Å². The van der Waals surface area contributed by atoms with Gasteiger partial charge in [-0.3, -0.25) is 9.78 Å². The normalized spacial score (nSPS) is 11.8. The van der Waals surface area contributed by atoms with Crippen LogP contribution in [0.1, 0.15) is 33.5 Å². The second kappa shape index (κ2) is 8.10. The SMILES string of the molecule is Cc1nc(-c2ccccc2)ccc1C(=O)NC(c1ccccc1)c1nccn1C. The van der Waals surface area contributed by atoms with Crippen LogP contribution in [0.15, 0.2) is 85.2 Å². The molecule has 0 saturated carbocycles. The number of pyridine rings is 1. The Balaban J connectivity index is 1.64. The molecule has 5 heteroatoms. The molecule has 2 aromatic carbocycles. The van der Waals surface area contributed by atoms with Crippen molar-refractivity contribution in [2.75, 3.05) is 0 Å². The molecule has 5 nitrogen and oxygen atoms in total. The van der Waals surface area contributed by atoms with Crippen LogP contribution in [0.5, 0.6) is 0 Å². The number of hydrogen-bond acceptors (Lipinski definition) is 3. The average molecular weight is 382 g/mol. The van der Waals surface area contributed by atoms with Crippen molar-refractivity contribution in [1.29, 1.82) is 0 Å². The first-order chi connectivity index (χ1) is 14.1. The van der Waals surface area contributed by atoms with Crippen LogP contribution in [-0.2, 0) is 7.05 Å². The van der Waals surface area contributed by atoms with Gasteiger partial charge in [0.2, 0.25) is 0 Å². The first kappa shape index (κ1) is 18.6. The molecule has 0 saturated heterocycles. The van der Waals surface area contributed by atoms with Crippen molar-refractivity contribution in [3.63, 3.8) is 0 Å². The van der Waals surface area contributed by atoms with Crippen molar-refractivity contribution in [2.24, 2.45) is 7.05 Å². The number of hydrogen-bond donors (Lipinski definition) is 1. The van der Waals surface area contributed by atoms with E-state index in [1.807, 2.05) is 97.5 Å². The first-order valence-electron chi connectivity index (χ1n) is 9.49. The van der Waals surface area contributed by atoms with Crippen molar-refractivity contribution >= 4 is 5.91 Å². The lowest BCUT2D eigenvalue weighted by Gasteiger charge is -2.20. The fourth-order valence-electron chi connectivity index (χ4n) is 3.38. The van der Waals surface area contributed by atoms with E-state index in [1.165, 1.54) is 0 Å². The maximum Gasteiger partial charge on any atom is 0.253 e. The quantitative estimate of drug-likeness (QED) is 0.559. The second-order valence-corrected chi connectivity index (χ2v) is 6.91. The summed E-state index contributed by atoms with van der Waals surface area (Å²) in [6.45, 7) is 1.86. The lowest BCUT2D eigenvalue weighted by Crippen LogP contribution is -2.31. The summed E-state index contributed by atoms with van der Waals surface area (Å²) in [4.78, 5) is 22.2. The molecular weight excluding hydrogens is 360 g/mol. The van der Waals surface area contributed by atoms with Gasteiger partial charge in [-0.2, -0.15) is 0 Å². The first-order valence-corrected chi connectivity index (χ1v) is 9.49. The van der Waals surface area contributed by atoms with Crippen LogP contribution in [0.2, 0.25) is 0 Å².